The predicted molar refractivity (Wildman–Crippen MR) is 116 cm³/mol. The van der Waals surface area contributed by atoms with Crippen LogP contribution in [-0.4, -0.2) is 69.9 Å². The highest BCUT2D eigenvalue weighted by Gasteiger charge is 2.53. The van der Waals surface area contributed by atoms with Gasteiger partial charge in [-0.15, -0.1) is 5.10 Å². The molecule has 35 heavy (non-hydrogen) atoms. The van der Waals surface area contributed by atoms with Crippen LogP contribution in [-0.2, 0) is 49.3 Å². The summed E-state index contributed by atoms with van der Waals surface area (Å²) in [5.74, 6) is -2.69. The lowest BCUT2D eigenvalue weighted by Gasteiger charge is -2.44. The molecule has 188 valence electrons. The van der Waals surface area contributed by atoms with E-state index >= 15 is 0 Å². The lowest BCUT2D eigenvalue weighted by atomic mass is 9.97. The first-order valence-electron chi connectivity index (χ1n) is 10.9. The lowest BCUT2D eigenvalue weighted by molar-refractivity contribution is -0.270. The Hall–Kier alpha value is -3.80. The first-order chi connectivity index (χ1) is 16.6. The molecule has 0 saturated carbocycles. The molecular formula is C23H27N3O9. The summed E-state index contributed by atoms with van der Waals surface area (Å²) in [6, 6.07) is 9.58. The van der Waals surface area contributed by atoms with Crippen LogP contribution in [0.1, 0.15) is 45.2 Å². The smallest absolute Gasteiger partial charge is 0.303 e. The lowest BCUT2D eigenvalue weighted by Crippen LogP contribution is -2.60. The Bertz CT molecular complexity index is 1060. The highest BCUT2D eigenvalue weighted by atomic mass is 16.7. The van der Waals surface area contributed by atoms with Crippen molar-refractivity contribution >= 4 is 23.9 Å². The number of nitrogens with zero attached hydrogens (tertiary/aromatic N) is 3. The predicted octanol–water partition coefficient (Wildman–Crippen LogP) is 1.12. The van der Waals surface area contributed by atoms with E-state index in [1.807, 2.05) is 30.3 Å². The highest BCUT2D eigenvalue weighted by Crippen LogP contribution is 2.34. The van der Waals surface area contributed by atoms with Crippen LogP contribution >= 0.6 is 0 Å². The van der Waals surface area contributed by atoms with E-state index in [0.717, 1.165) is 19.4 Å². The van der Waals surface area contributed by atoms with Gasteiger partial charge < -0.3 is 23.7 Å². The first kappa shape index (κ1) is 25.8. The minimum Gasteiger partial charge on any atom is -0.463 e. The Morgan fingerprint density at radius 1 is 0.857 bits per heavy atom. The highest BCUT2D eigenvalue weighted by molar-refractivity contribution is 5.68. The topological polar surface area (TPSA) is 145 Å². The van der Waals surface area contributed by atoms with Crippen molar-refractivity contribution in [1.29, 1.82) is 0 Å². The molecule has 1 aromatic heterocycles. The van der Waals surface area contributed by atoms with E-state index in [1.165, 1.54) is 18.5 Å². The summed E-state index contributed by atoms with van der Waals surface area (Å²) in [6.45, 7) is 4.39. The Labute approximate surface area is 201 Å². The van der Waals surface area contributed by atoms with Crippen molar-refractivity contribution in [2.24, 2.45) is 0 Å². The van der Waals surface area contributed by atoms with Gasteiger partial charge in [-0.3, -0.25) is 19.2 Å². The quantitative estimate of drug-likeness (QED) is 0.388. The van der Waals surface area contributed by atoms with Gasteiger partial charge in [0, 0.05) is 34.1 Å². The number of benzene rings is 1. The maximum absolute atomic E-state index is 12.0. The molecule has 0 spiro atoms. The molecule has 0 bridgehead atoms. The molecule has 2 heterocycles. The van der Waals surface area contributed by atoms with E-state index in [9.17, 15) is 19.2 Å². The molecular weight excluding hydrogens is 462 g/mol. The fourth-order valence-corrected chi connectivity index (χ4v) is 3.74. The van der Waals surface area contributed by atoms with E-state index in [-0.39, 0.29) is 6.61 Å². The van der Waals surface area contributed by atoms with E-state index in [2.05, 4.69) is 10.3 Å². The fourth-order valence-electron chi connectivity index (χ4n) is 3.74. The number of rotatable bonds is 8. The van der Waals surface area contributed by atoms with Crippen LogP contribution in [0.2, 0.25) is 0 Å². The van der Waals surface area contributed by atoms with Crippen molar-refractivity contribution in [2.45, 2.75) is 64.8 Å². The van der Waals surface area contributed by atoms with Gasteiger partial charge in [0.1, 0.15) is 12.7 Å². The van der Waals surface area contributed by atoms with Crippen LogP contribution in [0.5, 0.6) is 0 Å². The zero-order valence-corrected chi connectivity index (χ0v) is 19.8. The van der Waals surface area contributed by atoms with Crippen molar-refractivity contribution < 1.29 is 42.9 Å². The van der Waals surface area contributed by atoms with E-state index in [1.54, 1.807) is 6.20 Å². The van der Waals surface area contributed by atoms with E-state index in [4.69, 9.17) is 23.7 Å². The fraction of sp³-hybridized carbons (Fsp3) is 0.478. The van der Waals surface area contributed by atoms with Crippen LogP contribution < -0.4 is 0 Å². The molecule has 1 aliphatic rings. The number of carbonyl (C=O) groups is 4. The van der Waals surface area contributed by atoms with Crippen LogP contribution in [0, 0.1) is 0 Å². The van der Waals surface area contributed by atoms with Gasteiger partial charge in [0.25, 0.3) is 0 Å². The van der Waals surface area contributed by atoms with E-state index in [0.29, 0.717) is 12.1 Å². The van der Waals surface area contributed by atoms with E-state index < -0.39 is 54.5 Å². The minimum atomic E-state index is -1.28. The molecule has 2 aromatic rings. The maximum Gasteiger partial charge on any atom is 0.303 e. The summed E-state index contributed by atoms with van der Waals surface area (Å²) in [5, 5.41) is 8.28. The van der Waals surface area contributed by atoms with Gasteiger partial charge in [0.05, 0.1) is 11.9 Å². The molecule has 1 saturated heterocycles. The molecule has 0 N–H and O–H groups in total. The Morgan fingerprint density at radius 3 is 2.06 bits per heavy atom. The summed E-state index contributed by atoms with van der Waals surface area (Å²) in [7, 11) is 0. The molecule has 5 atom stereocenters. The summed E-state index contributed by atoms with van der Waals surface area (Å²) < 4.78 is 28.7. The number of hydrogen-bond acceptors (Lipinski definition) is 11. The van der Waals surface area contributed by atoms with Gasteiger partial charge in [0.2, 0.25) is 0 Å². The molecule has 0 aliphatic carbocycles. The maximum atomic E-state index is 12.0. The molecule has 3 rings (SSSR count). The standard InChI is InChI=1S/C23H27N3O9/c1-13(27)31-12-19-20(32-14(2)28)21(33-15(3)29)22(34-16(4)30)23(35-19)26-11-18(24-25-26)10-17-8-6-5-7-9-17/h5-9,11,19-23H,10,12H2,1-4H3/t19-,20-,21+,22-,23?/m1/s1. The van der Waals surface area contributed by atoms with Gasteiger partial charge in [-0.1, -0.05) is 35.5 Å². The summed E-state index contributed by atoms with van der Waals surface area (Å²) >= 11 is 0. The van der Waals surface area contributed by atoms with Crippen LogP contribution in [0.15, 0.2) is 36.5 Å². The molecule has 1 aromatic carbocycles. The van der Waals surface area contributed by atoms with Crippen LogP contribution in [0.3, 0.4) is 0 Å². The number of carbonyl (C=O) groups excluding carboxylic acids is 4. The molecule has 0 radical (unpaired) electrons. The van der Waals surface area contributed by atoms with Crippen molar-refractivity contribution in [3.05, 3.63) is 47.8 Å². The second-order valence-corrected chi connectivity index (χ2v) is 7.94. The Balaban J connectivity index is 1.98. The number of aromatic nitrogens is 3. The number of ether oxygens (including phenoxy) is 5. The second-order valence-electron chi connectivity index (χ2n) is 7.94. The first-order valence-corrected chi connectivity index (χ1v) is 10.9. The molecule has 1 fully saturated rings. The zero-order chi connectivity index (χ0) is 25.5. The monoisotopic (exact) mass is 489 g/mol. The van der Waals surface area contributed by atoms with Gasteiger partial charge in [-0.05, 0) is 5.56 Å². The number of esters is 4. The van der Waals surface area contributed by atoms with Gasteiger partial charge in [-0.2, -0.15) is 0 Å². The second kappa shape index (κ2) is 11.6. The Kier molecular flexibility index (Phi) is 8.53. The zero-order valence-electron chi connectivity index (χ0n) is 19.8. The molecule has 1 aliphatic heterocycles. The molecule has 12 heteroatoms. The van der Waals surface area contributed by atoms with Crippen LogP contribution in [0.4, 0.5) is 0 Å². The van der Waals surface area contributed by atoms with Gasteiger partial charge in [-0.25, -0.2) is 4.68 Å². The average molecular weight is 489 g/mol. The minimum absolute atomic E-state index is 0.320. The third kappa shape index (κ3) is 7.09. The van der Waals surface area contributed by atoms with Gasteiger partial charge >= 0.3 is 23.9 Å². The molecule has 12 nitrogen and oxygen atoms in total. The van der Waals surface area contributed by atoms with Crippen molar-refractivity contribution in [3.8, 4) is 0 Å². The Morgan fingerprint density at radius 2 is 1.46 bits per heavy atom. The summed E-state index contributed by atoms with van der Waals surface area (Å²) in [4.78, 5) is 47.2. The van der Waals surface area contributed by atoms with Gasteiger partial charge in [0.15, 0.2) is 24.5 Å². The third-order valence-corrected chi connectivity index (χ3v) is 5.01. The summed E-state index contributed by atoms with van der Waals surface area (Å²) in [5.41, 5.74) is 1.60. The van der Waals surface area contributed by atoms with Crippen molar-refractivity contribution in [3.63, 3.8) is 0 Å². The normalized spacial score (nSPS) is 23.7. The molecule has 0 amide bonds. The van der Waals surface area contributed by atoms with Crippen molar-refractivity contribution in [1.82, 2.24) is 15.0 Å². The average Bonchev–Trinajstić information content (AvgIpc) is 3.23. The third-order valence-electron chi connectivity index (χ3n) is 5.01. The molecule has 1 unspecified atom stereocenters. The SMILES string of the molecule is CC(=O)OC[C@H]1OC(n2cc(Cc3ccccc3)nn2)[C@H](OC(C)=O)[C@@H](OC(C)=O)[C@@H]1OC(C)=O. The summed E-state index contributed by atoms with van der Waals surface area (Å²) in [6.07, 6.45) is -3.87. The van der Waals surface area contributed by atoms with Crippen LogP contribution in [0.25, 0.3) is 0 Å². The van der Waals surface area contributed by atoms with Crippen molar-refractivity contribution in [2.75, 3.05) is 6.61 Å². The number of hydrogen-bond donors (Lipinski definition) is 0. The largest absolute Gasteiger partial charge is 0.463 e.